The Kier molecular flexibility index (Phi) is 5.65. The van der Waals surface area contributed by atoms with Crippen LogP contribution in [0.25, 0.3) is 0 Å². The fourth-order valence-corrected chi connectivity index (χ4v) is 6.03. The summed E-state index contributed by atoms with van der Waals surface area (Å²) in [5.41, 5.74) is 2.37. The van der Waals surface area contributed by atoms with Crippen molar-refractivity contribution in [3.8, 4) is 0 Å². The number of nitrogens with one attached hydrogen (secondary N) is 1. The summed E-state index contributed by atoms with van der Waals surface area (Å²) in [4.78, 5) is 12.5. The molecule has 30 heavy (non-hydrogen) atoms. The van der Waals surface area contributed by atoms with E-state index in [1.165, 1.54) is 0 Å². The summed E-state index contributed by atoms with van der Waals surface area (Å²) in [5, 5.41) is 5.21. The van der Waals surface area contributed by atoms with Gasteiger partial charge in [-0.1, -0.05) is 78.4 Å². The number of hydrogen-bond donors (Lipinski definition) is 1. The third-order valence-electron chi connectivity index (χ3n) is 5.04. The van der Waals surface area contributed by atoms with E-state index in [1.807, 2.05) is 91.9 Å². The lowest BCUT2D eigenvalue weighted by Crippen LogP contribution is -2.25. The zero-order valence-electron chi connectivity index (χ0n) is 16.7. The smallest absolute Gasteiger partial charge is 0.255 e. The number of rotatable bonds is 5. The summed E-state index contributed by atoms with van der Waals surface area (Å²) in [5.74, 6) is -0.169. The highest BCUT2D eigenvalue weighted by molar-refractivity contribution is 7.85. The van der Waals surface area contributed by atoms with Gasteiger partial charge in [-0.15, -0.1) is 0 Å². The van der Waals surface area contributed by atoms with Gasteiger partial charge in [0.2, 0.25) is 0 Å². The number of carbonyl (C=O) groups is 1. The molecule has 0 fully saturated rings. The Bertz CT molecular complexity index is 1140. The minimum absolute atomic E-state index is 0.169. The van der Waals surface area contributed by atoms with E-state index in [2.05, 4.69) is 5.32 Å². The summed E-state index contributed by atoms with van der Waals surface area (Å²) < 4.78 is 14.3. The SMILES string of the molecule is Cc1ccc(C(=O)Nc2ccc(P(=O)(c3ccccc3)c3ccccc3)cc2)cc1. The van der Waals surface area contributed by atoms with Gasteiger partial charge in [0.15, 0.2) is 7.14 Å². The van der Waals surface area contributed by atoms with Crippen LogP contribution in [-0.2, 0) is 4.57 Å². The van der Waals surface area contributed by atoms with Crippen LogP contribution >= 0.6 is 7.14 Å². The minimum atomic E-state index is -3.01. The molecule has 1 N–H and O–H groups in total. The van der Waals surface area contributed by atoms with Crippen LogP contribution in [0.2, 0.25) is 0 Å². The summed E-state index contributed by atoms with van der Waals surface area (Å²) in [6.07, 6.45) is 0. The number of aryl methyl sites for hydroxylation is 1. The highest BCUT2D eigenvalue weighted by Crippen LogP contribution is 2.42. The highest BCUT2D eigenvalue weighted by atomic mass is 31.2. The van der Waals surface area contributed by atoms with Gasteiger partial charge in [0.25, 0.3) is 5.91 Å². The number of carbonyl (C=O) groups excluding carboxylic acids is 1. The number of benzene rings is 4. The molecule has 0 aliphatic heterocycles. The van der Waals surface area contributed by atoms with E-state index in [4.69, 9.17) is 0 Å². The van der Waals surface area contributed by atoms with Crippen LogP contribution in [0.3, 0.4) is 0 Å². The van der Waals surface area contributed by atoms with Crippen molar-refractivity contribution >= 4 is 34.7 Å². The summed E-state index contributed by atoms with van der Waals surface area (Å²) in [6, 6.07) is 33.8. The summed E-state index contributed by atoms with van der Waals surface area (Å²) in [6.45, 7) is 1.98. The molecule has 0 aliphatic carbocycles. The molecule has 0 unspecified atom stereocenters. The van der Waals surface area contributed by atoms with Crippen molar-refractivity contribution in [3.05, 3.63) is 120 Å². The first-order chi connectivity index (χ1) is 14.6. The molecule has 4 rings (SSSR count). The first-order valence-corrected chi connectivity index (χ1v) is 11.5. The van der Waals surface area contributed by atoms with Gasteiger partial charge in [0.1, 0.15) is 0 Å². The maximum absolute atomic E-state index is 14.3. The first-order valence-electron chi connectivity index (χ1n) is 9.77. The van der Waals surface area contributed by atoms with E-state index in [1.54, 1.807) is 24.3 Å². The van der Waals surface area contributed by atoms with E-state index in [-0.39, 0.29) is 5.91 Å². The number of anilines is 1. The molecular formula is C26H22NO2P. The quantitative estimate of drug-likeness (QED) is 0.476. The van der Waals surface area contributed by atoms with Gasteiger partial charge < -0.3 is 9.88 Å². The Morgan fingerprint density at radius 1 is 0.633 bits per heavy atom. The van der Waals surface area contributed by atoms with E-state index >= 15 is 0 Å². The van der Waals surface area contributed by atoms with Gasteiger partial charge >= 0.3 is 0 Å². The second kappa shape index (κ2) is 8.52. The topological polar surface area (TPSA) is 46.2 Å². The number of hydrogen-bond acceptors (Lipinski definition) is 2. The largest absolute Gasteiger partial charge is 0.322 e. The average molecular weight is 411 g/mol. The molecule has 0 bridgehead atoms. The molecule has 1 amide bonds. The van der Waals surface area contributed by atoms with Crippen molar-refractivity contribution in [2.45, 2.75) is 6.92 Å². The maximum atomic E-state index is 14.3. The third kappa shape index (κ3) is 3.98. The molecule has 0 saturated heterocycles. The second-order valence-corrected chi connectivity index (χ2v) is 9.92. The normalized spacial score (nSPS) is 11.1. The molecule has 0 atom stereocenters. The molecule has 4 aromatic rings. The highest BCUT2D eigenvalue weighted by Gasteiger charge is 2.29. The van der Waals surface area contributed by atoms with Gasteiger partial charge in [-0.25, -0.2) is 0 Å². The lowest BCUT2D eigenvalue weighted by Gasteiger charge is -2.20. The fourth-order valence-electron chi connectivity index (χ4n) is 3.39. The number of amides is 1. The van der Waals surface area contributed by atoms with Gasteiger partial charge in [-0.05, 0) is 43.3 Å². The Balaban J connectivity index is 1.66. The predicted molar refractivity (Wildman–Crippen MR) is 125 cm³/mol. The Hall–Kier alpha value is -3.42. The average Bonchev–Trinajstić information content (AvgIpc) is 2.80. The molecule has 0 heterocycles. The van der Waals surface area contributed by atoms with Crippen molar-refractivity contribution in [3.63, 3.8) is 0 Å². The van der Waals surface area contributed by atoms with Crippen LogP contribution in [0.1, 0.15) is 15.9 Å². The molecule has 3 nitrogen and oxygen atoms in total. The predicted octanol–water partition coefficient (Wildman–Crippen LogP) is 4.89. The lowest BCUT2D eigenvalue weighted by atomic mass is 10.1. The van der Waals surface area contributed by atoms with Crippen molar-refractivity contribution in [1.29, 1.82) is 0 Å². The molecular weight excluding hydrogens is 389 g/mol. The van der Waals surface area contributed by atoms with Gasteiger partial charge in [0.05, 0.1) is 0 Å². The van der Waals surface area contributed by atoms with Crippen LogP contribution in [0.15, 0.2) is 109 Å². The first kappa shape index (κ1) is 19.9. The zero-order chi connectivity index (χ0) is 21.0. The lowest BCUT2D eigenvalue weighted by molar-refractivity contribution is 0.102. The fraction of sp³-hybridized carbons (Fsp3) is 0.0385. The van der Waals surface area contributed by atoms with Crippen molar-refractivity contribution in [1.82, 2.24) is 0 Å². The summed E-state index contributed by atoms with van der Waals surface area (Å²) in [7, 11) is -3.01. The van der Waals surface area contributed by atoms with Crippen LogP contribution in [-0.4, -0.2) is 5.91 Å². The Labute approximate surface area is 176 Å². The molecule has 0 spiro atoms. The maximum Gasteiger partial charge on any atom is 0.255 e. The molecule has 4 aromatic carbocycles. The van der Waals surface area contributed by atoms with Crippen LogP contribution in [0.4, 0.5) is 5.69 Å². The second-order valence-electron chi connectivity index (χ2n) is 7.15. The van der Waals surface area contributed by atoms with Crippen molar-refractivity contribution in [2.75, 3.05) is 5.32 Å². The van der Waals surface area contributed by atoms with Crippen molar-refractivity contribution in [2.24, 2.45) is 0 Å². The van der Waals surface area contributed by atoms with E-state index in [9.17, 15) is 9.36 Å². The monoisotopic (exact) mass is 411 g/mol. The zero-order valence-corrected chi connectivity index (χ0v) is 17.6. The standard InChI is InChI=1S/C26H22NO2P/c1-20-12-14-21(15-13-20)26(28)27-22-16-18-25(19-17-22)30(29,23-8-4-2-5-9-23)24-10-6-3-7-11-24/h2-19H,1H3,(H,27,28). The van der Waals surface area contributed by atoms with E-state index in [0.717, 1.165) is 21.5 Å². The van der Waals surface area contributed by atoms with Crippen LogP contribution in [0.5, 0.6) is 0 Å². The molecule has 0 aliphatic rings. The minimum Gasteiger partial charge on any atom is -0.322 e. The third-order valence-corrected chi connectivity index (χ3v) is 8.12. The Morgan fingerprint density at radius 2 is 1.10 bits per heavy atom. The molecule has 0 aromatic heterocycles. The van der Waals surface area contributed by atoms with Gasteiger partial charge in [-0.3, -0.25) is 4.79 Å². The van der Waals surface area contributed by atoms with Crippen molar-refractivity contribution < 1.29 is 9.36 Å². The summed E-state index contributed by atoms with van der Waals surface area (Å²) >= 11 is 0. The van der Waals surface area contributed by atoms with Gasteiger partial charge in [0, 0.05) is 27.2 Å². The van der Waals surface area contributed by atoms with E-state index < -0.39 is 7.14 Å². The molecule has 148 valence electrons. The molecule has 0 saturated carbocycles. The molecule has 4 heteroatoms. The van der Waals surface area contributed by atoms with E-state index in [0.29, 0.717) is 11.3 Å². The van der Waals surface area contributed by atoms with Crippen LogP contribution < -0.4 is 21.2 Å². The Morgan fingerprint density at radius 3 is 1.60 bits per heavy atom. The van der Waals surface area contributed by atoms with Gasteiger partial charge in [-0.2, -0.15) is 0 Å². The molecule has 0 radical (unpaired) electrons. The van der Waals surface area contributed by atoms with Crippen LogP contribution in [0, 0.1) is 6.92 Å².